The molecule has 19 heavy (non-hydrogen) atoms. The molecular formula is C14H21N3O2. The minimum Gasteiger partial charge on any atom is -0.450 e. The lowest BCUT2D eigenvalue weighted by Crippen LogP contribution is -2.49. The van der Waals surface area contributed by atoms with E-state index in [0.29, 0.717) is 19.7 Å². The van der Waals surface area contributed by atoms with Crippen LogP contribution >= 0.6 is 0 Å². The predicted molar refractivity (Wildman–Crippen MR) is 74.4 cm³/mol. The molecule has 0 spiro atoms. The normalized spacial score (nSPS) is 15.5. The molecule has 1 aromatic rings. The van der Waals surface area contributed by atoms with Gasteiger partial charge in [0, 0.05) is 32.4 Å². The first-order valence-corrected chi connectivity index (χ1v) is 6.86. The molecule has 0 aliphatic carbocycles. The van der Waals surface area contributed by atoms with E-state index in [1.54, 1.807) is 4.90 Å². The van der Waals surface area contributed by atoms with Crippen molar-refractivity contribution in [3.05, 3.63) is 23.9 Å². The Morgan fingerprint density at radius 1 is 1.26 bits per heavy atom. The van der Waals surface area contributed by atoms with E-state index in [-0.39, 0.29) is 6.09 Å². The highest BCUT2D eigenvalue weighted by Gasteiger charge is 2.22. The Labute approximate surface area is 114 Å². The molecule has 5 heteroatoms. The molecule has 0 N–H and O–H groups in total. The van der Waals surface area contributed by atoms with Gasteiger partial charge in [-0.05, 0) is 25.0 Å². The SMILES string of the molecule is CCOC(=O)N1CCN(c2ccc(CC)cn2)CC1. The summed E-state index contributed by atoms with van der Waals surface area (Å²) in [5.41, 5.74) is 1.24. The zero-order chi connectivity index (χ0) is 13.7. The molecular weight excluding hydrogens is 242 g/mol. The first-order valence-electron chi connectivity index (χ1n) is 6.86. The van der Waals surface area contributed by atoms with Gasteiger partial charge in [0.05, 0.1) is 6.61 Å². The van der Waals surface area contributed by atoms with Gasteiger partial charge in [0.1, 0.15) is 5.82 Å². The third-order valence-electron chi connectivity index (χ3n) is 3.35. The standard InChI is InChI=1S/C14H21N3O2/c1-3-12-5-6-13(15-11-12)16-7-9-17(10-8-16)14(18)19-4-2/h5-6,11H,3-4,7-10H2,1-2H3. The maximum atomic E-state index is 11.6. The summed E-state index contributed by atoms with van der Waals surface area (Å²) in [5, 5.41) is 0. The minimum absolute atomic E-state index is 0.212. The summed E-state index contributed by atoms with van der Waals surface area (Å²) in [5.74, 6) is 0.987. The number of pyridine rings is 1. The number of carbonyl (C=O) groups is 1. The minimum atomic E-state index is -0.212. The van der Waals surface area contributed by atoms with Crippen molar-refractivity contribution in [2.45, 2.75) is 20.3 Å². The summed E-state index contributed by atoms with van der Waals surface area (Å²) in [6.07, 6.45) is 2.72. The van der Waals surface area contributed by atoms with Crippen molar-refractivity contribution in [2.75, 3.05) is 37.7 Å². The van der Waals surface area contributed by atoms with E-state index < -0.39 is 0 Å². The molecule has 0 atom stereocenters. The molecule has 1 amide bonds. The van der Waals surface area contributed by atoms with Crippen LogP contribution < -0.4 is 4.90 Å². The number of rotatable bonds is 3. The van der Waals surface area contributed by atoms with Gasteiger partial charge >= 0.3 is 6.09 Å². The second-order valence-corrected chi connectivity index (χ2v) is 4.55. The second-order valence-electron chi connectivity index (χ2n) is 4.55. The van der Waals surface area contributed by atoms with Crippen LogP contribution in [0.5, 0.6) is 0 Å². The van der Waals surface area contributed by atoms with Gasteiger partial charge in [-0.25, -0.2) is 9.78 Å². The number of nitrogens with zero attached hydrogens (tertiary/aromatic N) is 3. The van der Waals surface area contributed by atoms with Crippen molar-refractivity contribution < 1.29 is 9.53 Å². The first-order chi connectivity index (χ1) is 9.24. The summed E-state index contributed by atoms with van der Waals surface area (Å²) >= 11 is 0. The van der Waals surface area contributed by atoms with Crippen LogP contribution in [0.4, 0.5) is 10.6 Å². The molecule has 0 saturated carbocycles. The van der Waals surface area contributed by atoms with E-state index in [9.17, 15) is 4.79 Å². The smallest absolute Gasteiger partial charge is 0.409 e. The second kappa shape index (κ2) is 6.41. The van der Waals surface area contributed by atoms with Gasteiger partial charge in [0.2, 0.25) is 0 Å². The van der Waals surface area contributed by atoms with Crippen LogP contribution in [0.1, 0.15) is 19.4 Å². The number of aromatic nitrogens is 1. The van der Waals surface area contributed by atoms with E-state index >= 15 is 0 Å². The summed E-state index contributed by atoms with van der Waals surface area (Å²) in [6.45, 7) is 7.36. The van der Waals surface area contributed by atoms with Crippen molar-refractivity contribution >= 4 is 11.9 Å². The molecule has 5 nitrogen and oxygen atoms in total. The zero-order valence-electron chi connectivity index (χ0n) is 11.6. The lowest BCUT2D eigenvalue weighted by Gasteiger charge is -2.34. The molecule has 104 valence electrons. The fraction of sp³-hybridized carbons (Fsp3) is 0.571. The highest BCUT2D eigenvalue weighted by Crippen LogP contribution is 2.14. The van der Waals surface area contributed by atoms with Gasteiger partial charge in [-0.2, -0.15) is 0 Å². The fourth-order valence-corrected chi connectivity index (χ4v) is 2.15. The van der Waals surface area contributed by atoms with Crippen molar-refractivity contribution in [1.29, 1.82) is 0 Å². The number of amides is 1. The number of hydrogen-bond donors (Lipinski definition) is 0. The van der Waals surface area contributed by atoms with Crippen LogP contribution in [-0.4, -0.2) is 48.8 Å². The van der Waals surface area contributed by atoms with Gasteiger partial charge in [-0.1, -0.05) is 13.0 Å². The largest absolute Gasteiger partial charge is 0.450 e. The predicted octanol–water partition coefficient (Wildman–Crippen LogP) is 1.92. The zero-order valence-corrected chi connectivity index (χ0v) is 11.6. The van der Waals surface area contributed by atoms with Gasteiger partial charge in [-0.3, -0.25) is 0 Å². The van der Waals surface area contributed by atoms with Crippen molar-refractivity contribution in [2.24, 2.45) is 0 Å². The monoisotopic (exact) mass is 263 g/mol. The summed E-state index contributed by atoms with van der Waals surface area (Å²) < 4.78 is 5.01. The van der Waals surface area contributed by atoms with E-state index in [2.05, 4.69) is 28.9 Å². The summed E-state index contributed by atoms with van der Waals surface area (Å²) in [4.78, 5) is 20.0. The maximum Gasteiger partial charge on any atom is 0.409 e. The van der Waals surface area contributed by atoms with Crippen LogP contribution in [0.25, 0.3) is 0 Å². The third kappa shape index (κ3) is 3.36. The van der Waals surface area contributed by atoms with Crippen LogP contribution in [0, 0.1) is 0 Å². The number of aryl methyl sites for hydroxylation is 1. The molecule has 1 aliphatic heterocycles. The van der Waals surface area contributed by atoms with Crippen LogP contribution in [-0.2, 0) is 11.2 Å². The highest BCUT2D eigenvalue weighted by atomic mass is 16.6. The number of ether oxygens (including phenoxy) is 1. The van der Waals surface area contributed by atoms with Crippen molar-refractivity contribution in [1.82, 2.24) is 9.88 Å². The average Bonchev–Trinajstić information content (AvgIpc) is 2.48. The van der Waals surface area contributed by atoms with Crippen LogP contribution in [0.2, 0.25) is 0 Å². The topological polar surface area (TPSA) is 45.7 Å². The Kier molecular flexibility index (Phi) is 4.60. The van der Waals surface area contributed by atoms with Gasteiger partial charge in [0.15, 0.2) is 0 Å². The first kappa shape index (κ1) is 13.6. The molecule has 1 saturated heterocycles. The molecule has 1 aromatic heterocycles. The molecule has 0 radical (unpaired) electrons. The fourth-order valence-electron chi connectivity index (χ4n) is 2.15. The Hall–Kier alpha value is -1.78. The highest BCUT2D eigenvalue weighted by molar-refractivity contribution is 5.68. The molecule has 2 heterocycles. The lowest BCUT2D eigenvalue weighted by molar-refractivity contribution is 0.105. The van der Waals surface area contributed by atoms with Crippen molar-refractivity contribution in [3.63, 3.8) is 0 Å². The van der Waals surface area contributed by atoms with E-state index in [1.807, 2.05) is 13.1 Å². The average molecular weight is 263 g/mol. The van der Waals surface area contributed by atoms with Crippen LogP contribution in [0.15, 0.2) is 18.3 Å². The molecule has 2 rings (SSSR count). The van der Waals surface area contributed by atoms with Crippen LogP contribution in [0.3, 0.4) is 0 Å². The van der Waals surface area contributed by atoms with Gasteiger partial charge in [-0.15, -0.1) is 0 Å². The Morgan fingerprint density at radius 2 is 2.00 bits per heavy atom. The number of anilines is 1. The Morgan fingerprint density at radius 3 is 2.53 bits per heavy atom. The molecule has 0 bridgehead atoms. The summed E-state index contributed by atoms with van der Waals surface area (Å²) in [6, 6.07) is 4.17. The molecule has 1 aliphatic rings. The third-order valence-corrected chi connectivity index (χ3v) is 3.35. The Balaban J connectivity index is 1.90. The quantitative estimate of drug-likeness (QED) is 0.836. The van der Waals surface area contributed by atoms with E-state index in [1.165, 1.54) is 5.56 Å². The lowest BCUT2D eigenvalue weighted by atomic mass is 10.2. The maximum absolute atomic E-state index is 11.6. The number of carbonyl (C=O) groups excluding carboxylic acids is 1. The summed E-state index contributed by atoms with van der Waals surface area (Å²) in [7, 11) is 0. The Bertz CT molecular complexity index is 411. The van der Waals surface area contributed by atoms with Gasteiger partial charge < -0.3 is 14.5 Å². The number of piperazine rings is 1. The van der Waals surface area contributed by atoms with Crippen molar-refractivity contribution in [3.8, 4) is 0 Å². The molecule has 0 unspecified atom stereocenters. The van der Waals surface area contributed by atoms with E-state index in [4.69, 9.17) is 4.74 Å². The molecule has 1 fully saturated rings. The van der Waals surface area contributed by atoms with E-state index in [0.717, 1.165) is 25.3 Å². The van der Waals surface area contributed by atoms with Gasteiger partial charge in [0.25, 0.3) is 0 Å². The molecule has 0 aromatic carbocycles. The number of hydrogen-bond acceptors (Lipinski definition) is 4.